The fourth-order valence-corrected chi connectivity index (χ4v) is 6.25. The second-order valence-corrected chi connectivity index (χ2v) is 10.9. The van der Waals surface area contributed by atoms with Crippen LogP contribution in [0.25, 0.3) is 17.0 Å². The van der Waals surface area contributed by atoms with Gasteiger partial charge in [0.05, 0.1) is 21.8 Å². The molecule has 0 spiro atoms. The number of benzene rings is 3. The Kier molecular flexibility index (Phi) is 6.66. The van der Waals surface area contributed by atoms with Gasteiger partial charge < -0.3 is 9.88 Å². The molecule has 0 saturated carbocycles. The number of aromatic nitrogens is 2. The molecule has 5 aromatic rings. The van der Waals surface area contributed by atoms with Crippen LogP contribution in [0.5, 0.6) is 0 Å². The Morgan fingerprint density at radius 1 is 1.02 bits per heavy atom. The summed E-state index contributed by atoms with van der Waals surface area (Å²) in [6.45, 7) is 8.40. The number of allylic oxidation sites excluding steroid dienone is 2. The number of rotatable bonds is 6. The van der Waals surface area contributed by atoms with Crippen molar-refractivity contribution < 1.29 is 4.79 Å². The highest BCUT2D eigenvalue weighted by Crippen LogP contribution is 2.31. The standard InChI is InChI=1S/C33H28N4O2S/c1-4-18-36-20-24(26-12-8-9-13-27(26)36)19-28-32(39)37-30(23-16-14-21(2)15-17-23)29(22(3)34-33(37)40-28)31(38)35-25-10-6-5-7-11-25/h4-17,19-20,30H,1,18H2,2-3H3,(H,35,38)/b28-19+. The predicted octanol–water partition coefficient (Wildman–Crippen LogP) is 5.32. The van der Waals surface area contributed by atoms with Gasteiger partial charge in [-0.1, -0.05) is 83.6 Å². The molecule has 6 nitrogen and oxygen atoms in total. The fraction of sp³-hybridized carbons (Fsp3) is 0.121. The number of anilines is 1. The van der Waals surface area contributed by atoms with E-state index < -0.39 is 6.04 Å². The van der Waals surface area contributed by atoms with Gasteiger partial charge in [-0.15, -0.1) is 6.58 Å². The van der Waals surface area contributed by atoms with E-state index in [0.29, 0.717) is 32.8 Å². The minimum Gasteiger partial charge on any atom is -0.343 e. The van der Waals surface area contributed by atoms with E-state index in [-0.39, 0.29) is 11.5 Å². The van der Waals surface area contributed by atoms with Gasteiger partial charge in [0, 0.05) is 34.9 Å². The summed E-state index contributed by atoms with van der Waals surface area (Å²) in [5, 5.41) is 4.06. The van der Waals surface area contributed by atoms with E-state index in [1.807, 2.05) is 98.9 Å². The van der Waals surface area contributed by atoms with Gasteiger partial charge in [0.15, 0.2) is 4.80 Å². The second kappa shape index (κ2) is 10.4. The molecule has 0 fully saturated rings. The van der Waals surface area contributed by atoms with E-state index in [1.54, 1.807) is 4.57 Å². The Hall–Kier alpha value is -4.75. The predicted molar refractivity (Wildman–Crippen MR) is 162 cm³/mol. The zero-order valence-corrected chi connectivity index (χ0v) is 23.1. The molecule has 0 aliphatic carbocycles. The Morgan fingerprint density at radius 3 is 2.50 bits per heavy atom. The maximum Gasteiger partial charge on any atom is 0.271 e. The lowest BCUT2D eigenvalue weighted by Gasteiger charge is -2.25. The van der Waals surface area contributed by atoms with E-state index >= 15 is 0 Å². The smallest absolute Gasteiger partial charge is 0.271 e. The van der Waals surface area contributed by atoms with Crippen LogP contribution in [0, 0.1) is 6.92 Å². The average Bonchev–Trinajstić information content (AvgIpc) is 3.45. The van der Waals surface area contributed by atoms with Crippen molar-refractivity contribution >= 4 is 39.9 Å². The van der Waals surface area contributed by atoms with Crippen molar-refractivity contribution in [3.63, 3.8) is 0 Å². The highest BCUT2D eigenvalue weighted by molar-refractivity contribution is 7.07. The number of para-hydroxylation sites is 2. The number of nitrogens with one attached hydrogen (secondary N) is 1. The number of hydrogen-bond acceptors (Lipinski definition) is 4. The first-order valence-electron chi connectivity index (χ1n) is 13.1. The first-order chi connectivity index (χ1) is 19.4. The topological polar surface area (TPSA) is 68.4 Å². The van der Waals surface area contributed by atoms with Gasteiger partial charge in [-0.05, 0) is 43.7 Å². The second-order valence-electron chi connectivity index (χ2n) is 9.86. The quantitative estimate of drug-likeness (QED) is 0.294. The van der Waals surface area contributed by atoms with Crippen LogP contribution in [0.4, 0.5) is 5.69 Å². The van der Waals surface area contributed by atoms with E-state index in [4.69, 9.17) is 4.99 Å². The lowest BCUT2D eigenvalue weighted by atomic mass is 9.94. The van der Waals surface area contributed by atoms with Crippen molar-refractivity contribution in [3.8, 4) is 0 Å². The van der Waals surface area contributed by atoms with E-state index in [2.05, 4.69) is 28.6 Å². The van der Waals surface area contributed by atoms with Crippen LogP contribution in [0.2, 0.25) is 0 Å². The molecular formula is C33H28N4O2S. The number of hydrogen-bond donors (Lipinski definition) is 1. The minimum atomic E-state index is -0.607. The van der Waals surface area contributed by atoms with Crippen molar-refractivity contribution in [2.75, 3.05) is 5.32 Å². The van der Waals surface area contributed by atoms with Gasteiger partial charge in [0.2, 0.25) is 0 Å². The van der Waals surface area contributed by atoms with Crippen LogP contribution < -0.4 is 20.2 Å². The van der Waals surface area contributed by atoms with Crippen molar-refractivity contribution in [1.29, 1.82) is 0 Å². The molecule has 0 radical (unpaired) electrons. The third kappa shape index (κ3) is 4.54. The molecule has 1 unspecified atom stereocenters. The van der Waals surface area contributed by atoms with E-state index in [9.17, 15) is 9.59 Å². The number of carbonyl (C=O) groups excluding carboxylic acids is 1. The number of fused-ring (bicyclic) bond motifs is 2. The molecule has 3 heterocycles. The van der Waals surface area contributed by atoms with Crippen molar-refractivity contribution in [1.82, 2.24) is 9.13 Å². The van der Waals surface area contributed by atoms with Crippen molar-refractivity contribution in [3.05, 3.63) is 145 Å². The molecule has 2 aromatic heterocycles. The number of nitrogens with zero attached hydrogens (tertiary/aromatic N) is 3. The van der Waals surface area contributed by atoms with E-state index in [0.717, 1.165) is 27.6 Å². The Labute approximate surface area is 235 Å². The summed E-state index contributed by atoms with van der Waals surface area (Å²) in [5.41, 5.74) is 5.54. The summed E-state index contributed by atoms with van der Waals surface area (Å²) in [7, 11) is 0. The molecule has 40 heavy (non-hydrogen) atoms. The molecular weight excluding hydrogens is 516 g/mol. The monoisotopic (exact) mass is 544 g/mol. The number of thiazole rings is 1. The molecule has 1 amide bonds. The van der Waals surface area contributed by atoms with Crippen LogP contribution >= 0.6 is 11.3 Å². The third-order valence-corrected chi connectivity index (χ3v) is 8.11. The van der Waals surface area contributed by atoms with Gasteiger partial charge >= 0.3 is 0 Å². The summed E-state index contributed by atoms with van der Waals surface area (Å²) in [4.78, 5) is 33.1. The minimum absolute atomic E-state index is 0.174. The van der Waals surface area contributed by atoms with Crippen LogP contribution in [-0.4, -0.2) is 15.0 Å². The highest BCUT2D eigenvalue weighted by Gasteiger charge is 2.32. The van der Waals surface area contributed by atoms with Crippen molar-refractivity contribution in [2.45, 2.75) is 26.4 Å². The Bertz CT molecular complexity index is 1980. The maximum absolute atomic E-state index is 14.1. The highest BCUT2D eigenvalue weighted by atomic mass is 32.1. The lowest BCUT2D eigenvalue weighted by Crippen LogP contribution is -2.40. The molecule has 1 aliphatic rings. The van der Waals surface area contributed by atoms with Crippen LogP contribution in [-0.2, 0) is 11.3 Å². The van der Waals surface area contributed by atoms with Crippen LogP contribution in [0.3, 0.4) is 0 Å². The van der Waals surface area contributed by atoms with Crippen LogP contribution in [0.15, 0.2) is 119 Å². The van der Waals surface area contributed by atoms with Gasteiger partial charge in [0.1, 0.15) is 0 Å². The molecule has 1 atom stereocenters. The third-order valence-electron chi connectivity index (χ3n) is 7.12. The zero-order chi connectivity index (χ0) is 27.8. The molecule has 0 bridgehead atoms. The van der Waals surface area contributed by atoms with E-state index in [1.165, 1.54) is 11.3 Å². The van der Waals surface area contributed by atoms with Gasteiger partial charge in [-0.25, -0.2) is 4.99 Å². The van der Waals surface area contributed by atoms with Gasteiger partial charge in [0.25, 0.3) is 11.5 Å². The summed E-state index contributed by atoms with van der Waals surface area (Å²) >= 11 is 1.34. The largest absolute Gasteiger partial charge is 0.343 e. The fourth-order valence-electron chi connectivity index (χ4n) is 5.22. The van der Waals surface area contributed by atoms with Gasteiger partial charge in [-0.3, -0.25) is 14.2 Å². The molecule has 6 rings (SSSR count). The lowest BCUT2D eigenvalue weighted by molar-refractivity contribution is -0.113. The number of carbonyl (C=O) groups is 1. The van der Waals surface area contributed by atoms with Crippen LogP contribution in [0.1, 0.15) is 29.7 Å². The normalized spacial score (nSPS) is 15.2. The van der Waals surface area contributed by atoms with Gasteiger partial charge in [-0.2, -0.15) is 0 Å². The van der Waals surface area contributed by atoms with Crippen molar-refractivity contribution in [2.24, 2.45) is 4.99 Å². The Balaban J connectivity index is 1.53. The first-order valence-corrected chi connectivity index (χ1v) is 13.9. The SMILES string of the molecule is C=CCn1cc(/C=c2/sc3n(c2=O)C(c2ccc(C)cc2)C(C(=O)Nc2ccccc2)=C(C)N=3)c2ccccc21. The Morgan fingerprint density at radius 2 is 1.75 bits per heavy atom. The maximum atomic E-state index is 14.1. The summed E-state index contributed by atoms with van der Waals surface area (Å²) < 4.78 is 4.35. The average molecular weight is 545 g/mol. The zero-order valence-electron chi connectivity index (χ0n) is 22.3. The molecule has 1 aliphatic heterocycles. The number of amides is 1. The summed E-state index contributed by atoms with van der Waals surface area (Å²) in [5.74, 6) is -0.278. The molecule has 0 saturated heterocycles. The molecule has 3 aromatic carbocycles. The first kappa shape index (κ1) is 25.5. The molecule has 7 heteroatoms. The molecule has 198 valence electrons. The molecule has 1 N–H and O–H groups in total. The summed E-state index contributed by atoms with van der Waals surface area (Å²) in [6.07, 6.45) is 5.84. The summed E-state index contributed by atoms with van der Waals surface area (Å²) in [6, 6.07) is 24.8. The number of aryl methyl sites for hydroxylation is 1.